The number of allylic oxidation sites excluding steroid dienone is 2. The first kappa shape index (κ1) is 41.1. The number of ether oxygens (including phenoxy) is 3. The van der Waals surface area contributed by atoms with Crippen LogP contribution in [0.2, 0.25) is 0 Å². The maximum atomic E-state index is 14.9. The predicted molar refractivity (Wildman–Crippen MR) is 211 cm³/mol. The second-order valence-electron chi connectivity index (χ2n) is 18.3. The summed E-state index contributed by atoms with van der Waals surface area (Å²) in [5.74, 6) is -2.61. The number of sulfonamides is 1. The van der Waals surface area contributed by atoms with Gasteiger partial charge in [-0.15, -0.1) is 0 Å². The van der Waals surface area contributed by atoms with Gasteiger partial charge in [0.25, 0.3) is 0 Å². The van der Waals surface area contributed by atoms with Crippen LogP contribution in [0.1, 0.15) is 104 Å². The Hall–Kier alpha value is -4.07. The highest BCUT2D eigenvalue weighted by Gasteiger charge is 2.63. The molecule has 1 aromatic heterocycles. The number of aromatic nitrogens is 1. The molecule has 4 heterocycles. The minimum absolute atomic E-state index is 0.0200. The first-order valence-corrected chi connectivity index (χ1v) is 22.0. The van der Waals surface area contributed by atoms with Crippen LogP contribution in [0.5, 0.6) is 11.8 Å². The van der Waals surface area contributed by atoms with Crippen molar-refractivity contribution in [3.8, 4) is 11.8 Å². The van der Waals surface area contributed by atoms with Crippen molar-refractivity contribution in [3.63, 3.8) is 0 Å². The van der Waals surface area contributed by atoms with Crippen LogP contribution >= 0.6 is 0 Å². The standard InChI is InChI=1S/C43H56FN3O9S/c1-26-11-6-7-12-28-22-43(28,40(51)46-57(52,53)42(25-44)16-17-42)23-35(48)34-20-29(24-47(34)39(50)33(27(2)19-26)21-36(49)56-41(3,4)5)55-38-32-14-9-8-13-30(32)31-15-10-18-54-37(31)45-38/h7-9,12-14,26-29,33-34H,6,10-11,15-25H2,1-5H3,(H,46,51)/b12-7-/t26-,27-,28-,29-,33+,34+,43-/m1/s1. The van der Waals surface area contributed by atoms with Crippen LogP contribution in [0.15, 0.2) is 36.4 Å². The van der Waals surface area contributed by atoms with Gasteiger partial charge < -0.3 is 19.1 Å². The van der Waals surface area contributed by atoms with E-state index < -0.39 is 74.1 Å². The molecule has 3 fully saturated rings. The van der Waals surface area contributed by atoms with Crippen LogP contribution in [-0.4, -0.2) is 84.2 Å². The third kappa shape index (κ3) is 8.43. The van der Waals surface area contributed by atoms with Crippen molar-refractivity contribution in [3.05, 3.63) is 42.0 Å². The normalized spacial score (nSPS) is 30.7. The zero-order valence-corrected chi connectivity index (χ0v) is 34.5. The van der Waals surface area contributed by atoms with Crippen LogP contribution in [0.3, 0.4) is 0 Å². The summed E-state index contributed by atoms with van der Waals surface area (Å²) in [7, 11) is -4.34. The van der Waals surface area contributed by atoms with Gasteiger partial charge in [0, 0.05) is 23.8 Å². The molecule has 2 aromatic rings. The van der Waals surface area contributed by atoms with Gasteiger partial charge in [-0.25, -0.2) is 12.8 Å². The minimum atomic E-state index is -4.34. The van der Waals surface area contributed by atoms with Gasteiger partial charge >= 0.3 is 5.97 Å². The van der Waals surface area contributed by atoms with E-state index in [1.165, 1.54) is 4.90 Å². The average molecular weight is 810 g/mol. The number of rotatable bonds is 8. The number of carbonyl (C=O) groups excluding carboxylic acids is 4. The van der Waals surface area contributed by atoms with Crippen molar-refractivity contribution in [1.29, 1.82) is 0 Å². The van der Waals surface area contributed by atoms with Gasteiger partial charge in [-0.2, -0.15) is 4.98 Å². The van der Waals surface area contributed by atoms with Gasteiger partial charge in [-0.3, -0.25) is 23.9 Å². The van der Waals surface area contributed by atoms with Crippen molar-refractivity contribution in [1.82, 2.24) is 14.6 Å². The first-order chi connectivity index (χ1) is 27.0. The number of alkyl halides is 1. The Kier molecular flexibility index (Phi) is 11.2. The molecule has 0 radical (unpaired) electrons. The van der Waals surface area contributed by atoms with Crippen molar-refractivity contribution in [2.24, 2.45) is 29.1 Å². The summed E-state index contributed by atoms with van der Waals surface area (Å²) in [6.07, 6.45) is 6.99. The molecule has 1 N–H and O–H groups in total. The lowest BCUT2D eigenvalue weighted by Crippen LogP contribution is -2.48. The highest BCUT2D eigenvalue weighted by molar-refractivity contribution is 7.91. The van der Waals surface area contributed by atoms with E-state index in [4.69, 9.17) is 19.2 Å². The Bertz CT molecular complexity index is 2060. The summed E-state index contributed by atoms with van der Waals surface area (Å²) in [6.45, 7) is 8.81. The van der Waals surface area contributed by atoms with E-state index >= 15 is 0 Å². The molecule has 3 aliphatic heterocycles. The predicted octanol–water partition coefficient (Wildman–Crippen LogP) is 6.18. The van der Waals surface area contributed by atoms with Crippen LogP contribution in [0.25, 0.3) is 10.8 Å². The topological polar surface area (TPSA) is 158 Å². The van der Waals surface area contributed by atoms with Gasteiger partial charge in [0.05, 0.1) is 36.9 Å². The fraction of sp³-hybridized carbons (Fsp3) is 0.651. The molecule has 0 spiro atoms. The van der Waals surface area contributed by atoms with E-state index in [1.807, 2.05) is 43.3 Å². The van der Waals surface area contributed by atoms with Crippen molar-refractivity contribution in [2.75, 3.05) is 19.8 Å². The number of ketones is 1. The van der Waals surface area contributed by atoms with E-state index in [-0.39, 0.29) is 62.8 Å². The zero-order valence-electron chi connectivity index (χ0n) is 33.7. The quantitative estimate of drug-likeness (QED) is 0.241. The first-order valence-electron chi connectivity index (χ1n) is 20.5. The summed E-state index contributed by atoms with van der Waals surface area (Å²) in [5, 5.41) is 1.73. The number of aryl methyl sites for hydroxylation is 1. The minimum Gasteiger partial charge on any atom is -0.477 e. The maximum Gasteiger partial charge on any atom is 0.307 e. The van der Waals surface area contributed by atoms with Crippen LogP contribution < -0.4 is 14.2 Å². The number of hydrogen-bond acceptors (Lipinski definition) is 10. The van der Waals surface area contributed by atoms with Crippen LogP contribution in [-0.2, 0) is 40.4 Å². The summed E-state index contributed by atoms with van der Waals surface area (Å²) in [5.41, 5.74) is -1.16. The second kappa shape index (κ2) is 15.6. The molecule has 1 saturated heterocycles. The zero-order chi connectivity index (χ0) is 40.9. The summed E-state index contributed by atoms with van der Waals surface area (Å²) >= 11 is 0. The summed E-state index contributed by atoms with van der Waals surface area (Å²) < 4.78 is 59.2. The molecule has 0 unspecified atom stereocenters. The van der Waals surface area contributed by atoms with Gasteiger partial charge in [-0.05, 0) is 101 Å². The van der Waals surface area contributed by atoms with E-state index in [1.54, 1.807) is 20.8 Å². The molecule has 2 aliphatic carbocycles. The van der Waals surface area contributed by atoms with Gasteiger partial charge in [0.15, 0.2) is 5.78 Å². The molecule has 57 heavy (non-hydrogen) atoms. The molecule has 14 heteroatoms. The molecule has 2 amide bonds. The lowest BCUT2D eigenvalue weighted by atomic mass is 9.82. The third-order valence-corrected chi connectivity index (χ3v) is 14.8. The molecule has 2 saturated carbocycles. The number of nitrogens with one attached hydrogen (secondary N) is 1. The van der Waals surface area contributed by atoms with E-state index in [0.29, 0.717) is 31.2 Å². The number of amides is 2. The van der Waals surface area contributed by atoms with Gasteiger partial charge in [0.1, 0.15) is 23.1 Å². The number of hydrogen-bond donors (Lipinski definition) is 1. The molecule has 0 bridgehead atoms. The Morgan fingerprint density at radius 2 is 1.84 bits per heavy atom. The van der Waals surface area contributed by atoms with Crippen molar-refractivity contribution < 1.29 is 46.2 Å². The number of benzene rings is 1. The smallest absolute Gasteiger partial charge is 0.307 e. The number of Topliss-reactive ketones (excluding diaryl/α,β-unsaturated/α-hetero) is 1. The van der Waals surface area contributed by atoms with Crippen LogP contribution in [0.4, 0.5) is 4.39 Å². The van der Waals surface area contributed by atoms with Crippen molar-refractivity contribution in [2.45, 2.75) is 128 Å². The highest BCUT2D eigenvalue weighted by Crippen LogP contribution is 2.58. The molecular weight excluding hydrogens is 754 g/mol. The van der Waals surface area contributed by atoms with E-state index in [0.717, 1.165) is 35.6 Å². The Morgan fingerprint density at radius 1 is 1.11 bits per heavy atom. The van der Waals surface area contributed by atoms with Crippen LogP contribution in [0, 0.1) is 29.1 Å². The van der Waals surface area contributed by atoms with Crippen molar-refractivity contribution >= 4 is 44.4 Å². The lowest BCUT2D eigenvalue weighted by molar-refractivity contribution is -0.160. The monoisotopic (exact) mass is 809 g/mol. The number of halogens is 1. The number of fused-ring (bicyclic) bond motifs is 5. The molecule has 7 rings (SSSR count). The maximum absolute atomic E-state index is 14.9. The highest BCUT2D eigenvalue weighted by atomic mass is 32.2. The second-order valence-corrected chi connectivity index (χ2v) is 20.3. The number of nitrogens with zero attached hydrogens (tertiary/aromatic N) is 2. The number of pyridine rings is 1. The number of esters is 1. The molecule has 310 valence electrons. The Balaban J connectivity index is 1.24. The summed E-state index contributed by atoms with van der Waals surface area (Å²) in [6, 6.07) is 6.72. The SMILES string of the molecule is C[C@@H]1CC/C=C\[C@@H]2C[C@@]2(C(=O)NS(=O)(=O)C2(CF)CC2)CC(=O)[C@@H]2C[C@@H](Oc3nc4c(c5ccccc35)CCCO4)CN2C(=O)[C@@H](CC(=O)OC(C)(C)C)[C@H](C)C1. The molecular formula is C43H56FN3O9S. The average Bonchev–Trinajstić information content (AvgIpc) is 4.06. The fourth-order valence-electron chi connectivity index (χ4n) is 9.10. The summed E-state index contributed by atoms with van der Waals surface area (Å²) in [4.78, 5) is 63.3. The molecule has 5 aliphatic rings. The fourth-order valence-corrected chi connectivity index (χ4v) is 10.5. The van der Waals surface area contributed by atoms with E-state index in [9.17, 15) is 32.0 Å². The molecule has 7 atom stereocenters. The molecule has 1 aromatic carbocycles. The largest absolute Gasteiger partial charge is 0.477 e. The molecule has 12 nitrogen and oxygen atoms in total. The van der Waals surface area contributed by atoms with Gasteiger partial charge in [0.2, 0.25) is 33.6 Å². The lowest BCUT2D eigenvalue weighted by Gasteiger charge is -2.32. The number of carbonyl (C=O) groups is 4. The van der Waals surface area contributed by atoms with Gasteiger partial charge in [-0.1, -0.05) is 44.2 Å². The Labute approximate surface area is 334 Å². The van der Waals surface area contributed by atoms with E-state index in [2.05, 4.69) is 11.6 Å². The Morgan fingerprint density at radius 3 is 2.54 bits per heavy atom. The third-order valence-electron chi connectivity index (χ3n) is 12.7.